The van der Waals surface area contributed by atoms with E-state index >= 15 is 0 Å². The molecular weight excluding hydrogens is 356 g/mol. The summed E-state index contributed by atoms with van der Waals surface area (Å²) in [6.07, 6.45) is 25.5. The minimum absolute atomic E-state index is 0.329. The first kappa shape index (κ1) is 24.0. The average Bonchev–Trinajstić information content (AvgIpc) is 3.57. The molecule has 0 N–H and O–H groups in total. The van der Waals surface area contributed by atoms with Gasteiger partial charge in [0.15, 0.2) is 0 Å². The van der Waals surface area contributed by atoms with Gasteiger partial charge in [-0.1, -0.05) is 89.0 Å². The van der Waals surface area contributed by atoms with Crippen molar-refractivity contribution in [3.05, 3.63) is 42.0 Å². The van der Waals surface area contributed by atoms with Gasteiger partial charge in [0.2, 0.25) is 0 Å². The summed E-state index contributed by atoms with van der Waals surface area (Å²) in [7, 11) is 0. The molecule has 1 aliphatic rings. The summed E-state index contributed by atoms with van der Waals surface area (Å²) < 4.78 is 10.9. The lowest BCUT2D eigenvalue weighted by Gasteiger charge is -2.06. The summed E-state index contributed by atoms with van der Waals surface area (Å²) in [4.78, 5) is 0. The monoisotopic (exact) mass is 400 g/mol. The van der Waals surface area contributed by atoms with Gasteiger partial charge < -0.3 is 9.47 Å². The molecule has 0 amide bonds. The molecule has 1 aromatic rings. The van der Waals surface area contributed by atoms with Gasteiger partial charge in [0.25, 0.3) is 0 Å². The Hall–Kier alpha value is -1.28. The number of allylic oxidation sites excluding steroid dienone is 2. The van der Waals surface area contributed by atoms with Crippen LogP contribution < -0.4 is 4.74 Å². The van der Waals surface area contributed by atoms with Crippen molar-refractivity contribution in [1.29, 1.82) is 0 Å². The van der Waals surface area contributed by atoms with E-state index in [1.807, 2.05) is 0 Å². The van der Waals surface area contributed by atoms with Gasteiger partial charge in [0.1, 0.15) is 18.5 Å². The molecule has 1 heterocycles. The molecule has 164 valence electrons. The Morgan fingerprint density at radius 1 is 0.793 bits per heavy atom. The SMILES string of the molecule is CCCCCCCCC/C=C/CCCCCCCc1ccc(OCC2CO2)cc1. The summed E-state index contributed by atoms with van der Waals surface area (Å²) in [5, 5.41) is 0. The zero-order chi connectivity index (χ0) is 20.4. The lowest BCUT2D eigenvalue weighted by atomic mass is 10.0. The van der Waals surface area contributed by atoms with E-state index in [1.165, 1.54) is 102 Å². The van der Waals surface area contributed by atoms with E-state index in [2.05, 4.69) is 43.3 Å². The summed E-state index contributed by atoms with van der Waals surface area (Å²) in [6, 6.07) is 8.60. The molecule has 0 aromatic heterocycles. The maximum atomic E-state index is 5.69. The quantitative estimate of drug-likeness (QED) is 0.133. The first-order chi connectivity index (χ1) is 14.4. The van der Waals surface area contributed by atoms with Crippen LogP contribution in [0.15, 0.2) is 36.4 Å². The Morgan fingerprint density at radius 3 is 1.93 bits per heavy atom. The molecule has 2 nitrogen and oxygen atoms in total. The Morgan fingerprint density at radius 2 is 1.34 bits per heavy atom. The predicted octanol–water partition coefficient (Wildman–Crippen LogP) is 8.04. The molecule has 1 atom stereocenters. The lowest BCUT2D eigenvalue weighted by molar-refractivity contribution is 0.263. The zero-order valence-electron chi connectivity index (χ0n) is 18.9. The smallest absolute Gasteiger partial charge is 0.119 e. The molecule has 1 unspecified atom stereocenters. The highest BCUT2D eigenvalue weighted by atomic mass is 16.6. The molecule has 0 spiro atoms. The Bertz CT molecular complexity index is 516. The highest BCUT2D eigenvalue weighted by Gasteiger charge is 2.22. The third-order valence-electron chi connectivity index (χ3n) is 5.74. The number of aryl methyl sites for hydroxylation is 1. The fourth-order valence-corrected chi connectivity index (χ4v) is 3.68. The van der Waals surface area contributed by atoms with Crippen molar-refractivity contribution in [3.63, 3.8) is 0 Å². The second-order valence-corrected chi connectivity index (χ2v) is 8.60. The van der Waals surface area contributed by atoms with Crippen molar-refractivity contribution in [3.8, 4) is 5.75 Å². The normalized spacial score (nSPS) is 15.8. The van der Waals surface area contributed by atoms with E-state index in [9.17, 15) is 0 Å². The van der Waals surface area contributed by atoms with Gasteiger partial charge in [0.05, 0.1) is 6.61 Å². The summed E-state index contributed by atoms with van der Waals surface area (Å²) in [5.41, 5.74) is 1.42. The van der Waals surface area contributed by atoms with Gasteiger partial charge in [-0.2, -0.15) is 0 Å². The maximum Gasteiger partial charge on any atom is 0.119 e. The third-order valence-corrected chi connectivity index (χ3v) is 5.74. The topological polar surface area (TPSA) is 21.8 Å². The number of rotatable bonds is 19. The van der Waals surface area contributed by atoms with Crippen LogP contribution in [0.25, 0.3) is 0 Å². The highest BCUT2D eigenvalue weighted by molar-refractivity contribution is 5.27. The van der Waals surface area contributed by atoms with Crippen molar-refractivity contribution in [2.75, 3.05) is 13.2 Å². The van der Waals surface area contributed by atoms with E-state index in [1.54, 1.807) is 0 Å². The van der Waals surface area contributed by atoms with Crippen LogP contribution in [-0.2, 0) is 11.2 Å². The molecule has 1 aromatic carbocycles. The molecule has 2 rings (SSSR count). The van der Waals surface area contributed by atoms with Gasteiger partial charge in [-0.15, -0.1) is 0 Å². The lowest BCUT2D eigenvalue weighted by Crippen LogP contribution is -2.03. The minimum Gasteiger partial charge on any atom is -0.491 e. The van der Waals surface area contributed by atoms with Crippen LogP contribution in [0.1, 0.15) is 102 Å². The van der Waals surface area contributed by atoms with Crippen LogP contribution in [0, 0.1) is 0 Å². The molecule has 2 heteroatoms. The third kappa shape index (κ3) is 13.5. The Balaban J connectivity index is 1.33. The molecule has 0 saturated carbocycles. The number of benzene rings is 1. The van der Waals surface area contributed by atoms with Crippen molar-refractivity contribution in [2.24, 2.45) is 0 Å². The van der Waals surface area contributed by atoms with Crippen molar-refractivity contribution in [2.45, 2.75) is 109 Å². The van der Waals surface area contributed by atoms with Crippen molar-refractivity contribution < 1.29 is 9.47 Å². The first-order valence-corrected chi connectivity index (χ1v) is 12.4. The summed E-state index contributed by atoms with van der Waals surface area (Å²) in [5.74, 6) is 0.962. The standard InChI is InChI=1S/C27H44O2/c1-2-3-4-5-6-7-8-9-10-11-12-13-14-15-16-17-18-25-19-21-26(22-20-25)28-23-27-24-29-27/h10-11,19-22,27H,2-9,12-18,23-24H2,1H3/b11-10+. The number of hydrogen-bond acceptors (Lipinski definition) is 2. The summed E-state index contributed by atoms with van der Waals surface area (Å²) in [6.45, 7) is 3.83. The molecule has 0 aliphatic carbocycles. The van der Waals surface area contributed by atoms with E-state index in [4.69, 9.17) is 9.47 Å². The number of hydrogen-bond donors (Lipinski definition) is 0. The Labute approximate surface area is 180 Å². The fraction of sp³-hybridized carbons (Fsp3) is 0.704. The molecule has 1 fully saturated rings. The number of unbranched alkanes of at least 4 members (excludes halogenated alkanes) is 12. The number of epoxide rings is 1. The van der Waals surface area contributed by atoms with Gasteiger partial charge in [-0.25, -0.2) is 0 Å². The molecule has 29 heavy (non-hydrogen) atoms. The second kappa shape index (κ2) is 16.5. The molecule has 1 aliphatic heterocycles. The second-order valence-electron chi connectivity index (χ2n) is 8.60. The summed E-state index contributed by atoms with van der Waals surface area (Å²) >= 11 is 0. The van der Waals surface area contributed by atoms with Crippen LogP contribution in [0.3, 0.4) is 0 Å². The van der Waals surface area contributed by atoms with Crippen LogP contribution in [0.5, 0.6) is 5.75 Å². The van der Waals surface area contributed by atoms with E-state index in [0.717, 1.165) is 12.4 Å². The highest BCUT2D eigenvalue weighted by Crippen LogP contribution is 2.17. The van der Waals surface area contributed by atoms with E-state index < -0.39 is 0 Å². The minimum atomic E-state index is 0.329. The van der Waals surface area contributed by atoms with Crippen LogP contribution in [0.2, 0.25) is 0 Å². The average molecular weight is 401 g/mol. The number of ether oxygens (including phenoxy) is 2. The molecule has 0 bridgehead atoms. The van der Waals surface area contributed by atoms with Gasteiger partial charge in [-0.3, -0.25) is 0 Å². The van der Waals surface area contributed by atoms with Crippen LogP contribution in [0.4, 0.5) is 0 Å². The first-order valence-electron chi connectivity index (χ1n) is 12.4. The molecule has 1 saturated heterocycles. The van der Waals surface area contributed by atoms with Crippen molar-refractivity contribution >= 4 is 0 Å². The van der Waals surface area contributed by atoms with E-state index in [-0.39, 0.29) is 0 Å². The Kier molecular flexibility index (Phi) is 13.7. The van der Waals surface area contributed by atoms with Gasteiger partial charge in [-0.05, 0) is 56.2 Å². The van der Waals surface area contributed by atoms with Crippen molar-refractivity contribution in [1.82, 2.24) is 0 Å². The molecule has 0 radical (unpaired) electrons. The van der Waals surface area contributed by atoms with E-state index in [0.29, 0.717) is 12.7 Å². The molecular formula is C27H44O2. The predicted molar refractivity (Wildman–Crippen MR) is 125 cm³/mol. The maximum absolute atomic E-state index is 5.69. The van der Waals surface area contributed by atoms with Gasteiger partial charge in [0, 0.05) is 0 Å². The van der Waals surface area contributed by atoms with Crippen LogP contribution in [-0.4, -0.2) is 19.3 Å². The van der Waals surface area contributed by atoms with Gasteiger partial charge >= 0.3 is 0 Å². The van der Waals surface area contributed by atoms with Crippen LogP contribution >= 0.6 is 0 Å². The fourth-order valence-electron chi connectivity index (χ4n) is 3.68. The zero-order valence-corrected chi connectivity index (χ0v) is 18.9. The largest absolute Gasteiger partial charge is 0.491 e.